The van der Waals surface area contributed by atoms with Gasteiger partial charge < -0.3 is 10.2 Å². The number of carbonyl (C=O) groups excluding carboxylic acids is 2. The van der Waals surface area contributed by atoms with E-state index in [1.807, 2.05) is 19.1 Å². The van der Waals surface area contributed by atoms with Gasteiger partial charge in [0.15, 0.2) is 0 Å². The van der Waals surface area contributed by atoms with E-state index in [1.165, 1.54) is 0 Å². The second-order valence-corrected chi connectivity index (χ2v) is 5.43. The van der Waals surface area contributed by atoms with Crippen LogP contribution in [0.4, 0.5) is 5.69 Å². The minimum absolute atomic E-state index is 0.0324. The van der Waals surface area contributed by atoms with E-state index in [0.717, 1.165) is 30.5 Å². The molecule has 1 heterocycles. The second-order valence-electron chi connectivity index (χ2n) is 5.43. The van der Waals surface area contributed by atoms with E-state index in [2.05, 4.69) is 12.2 Å². The molecule has 20 heavy (non-hydrogen) atoms. The van der Waals surface area contributed by atoms with Crippen molar-refractivity contribution in [3.63, 3.8) is 0 Å². The Kier molecular flexibility index (Phi) is 4.42. The van der Waals surface area contributed by atoms with Gasteiger partial charge in [0, 0.05) is 30.8 Å². The van der Waals surface area contributed by atoms with E-state index in [0.29, 0.717) is 12.1 Å². The van der Waals surface area contributed by atoms with Gasteiger partial charge in [-0.2, -0.15) is 0 Å². The minimum Gasteiger partial charge on any atom is -0.350 e. The molecule has 1 atom stereocenters. The van der Waals surface area contributed by atoms with Gasteiger partial charge in [-0.05, 0) is 43.5 Å². The van der Waals surface area contributed by atoms with Crippen molar-refractivity contribution in [3.05, 3.63) is 29.3 Å². The molecule has 1 aliphatic rings. The largest absolute Gasteiger partial charge is 0.350 e. The van der Waals surface area contributed by atoms with Crippen molar-refractivity contribution >= 4 is 17.5 Å². The van der Waals surface area contributed by atoms with Crippen LogP contribution >= 0.6 is 0 Å². The molecule has 0 saturated heterocycles. The first kappa shape index (κ1) is 14.6. The van der Waals surface area contributed by atoms with Crippen LogP contribution < -0.4 is 10.2 Å². The zero-order valence-corrected chi connectivity index (χ0v) is 12.4. The molecule has 1 aromatic rings. The number of anilines is 1. The molecule has 4 nitrogen and oxygen atoms in total. The Labute approximate surface area is 120 Å². The van der Waals surface area contributed by atoms with Crippen LogP contribution in [0.3, 0.4) is 0 Å². The highest BCUT2D eigenvalue weighted by Crippen LogP contribution is 2.28. The van der Waals surface area contributed by atoms with Crippen LogP contribution in [-0.2, 0) is 11.2 Å². The normalized spacial score (nSPS) is 14.8. The Hall–Kier alpha value is -1.84. The molecule has 0 unspecified atom stereocenters. The molecule has 2 rings (SSSR count). The number of carbonyl (C=O) groups is 2. The third kappa shape index (κ3) is 3.00. The summed E-state index contributed by atoms with van der Waals surface area (Å²) in [6.07, 6.45) is 2.86. The van der Waals surface area contributed by atoms with Gasteiger partial charge in [0.05, 0.1) is 0 Å². The van der Waals surface area contributed by atoms with Gasteiger partial charge in [-0.15, -0.1) is 0 Å². The summed E-state index contributed by atoms with van der Waals surface area (Å²) in [6.45, 7) is 6.41. The highest BCUT2D eigenvalue weighted by molar-refractivity contribution is 5.97. The number of hydrogen-bond acceptors (Lipinski definition) is 2. The van der Waals surface area contributed by atoms with E-state index in [1.54, 1.807) is 17.9 Å². The first-order valence-corrected chi connectivity index (χ1v) is 7.24. The summed E-state index contributed by atoms with van der Waals surface area (Å²) < 4.78 is 0. The summed E-state index contributed by atoms with van der Waals surface area (Å²) >= 11 is 0. The van der Waals surface area contributed by atoms with E-state index in [4.69, 9.17) is 0 Å². The molecule has 0 radical (unpaired) electrons. The highest BCUT2D eigenvalue weighted by atomic mass is 16.2. The maximum absolute atomic E-state index is 12.2. The van der Waals surface area contributed by atoms with Crippen LogP contribution in [0.25, 0.3) is 0 Å². The zero-order valence-electron chi connectivity index (χ0n) is 12.4. The van der Waals surface area contributed by atoms with Crippen LogP contribution in [0.5, 0.6) is 0 Å². The lowest BCUT2D eigenvalue weighted by atomic mass is 10.1. The molecule has 1 N–H and O–H groups in total. The van der Waals surface area contributed by atoms with Crippen LogP contribution in [-0.4, -0.2) is 24.4 Å². The lowest BCUT2D eigenvalue weighted by Gasteiger charge is -2.16. The second kappa shape index (κ2) is 6.07. The SMILES string of the molecule is CCC[C@H](C)NC(=O)c1ccc2c(c1)CCN2C(C)=O. The lowest BCUT2D eigenvalue weighted by Crippen LogP contribution is -2.32. The molecule has 0 aliphatic carbocycles. The zero-order chi connectivity index (χ0) is 14.7. The summed E-state index contributed by atoms with van der Waals surface area (Å²) in [5.74, 6) is 0.0209. The molecule has 108 valence electrons. The first-order chi connectivity index (χ1) is 9.52. The summed E-state index contributed by atoms with van der Waals surface area (Å²) in [5, 5.41) is 3.00. The van der Waals surface area contributed by atoms with Gasteiger partial charge in [-0.3, -0.25) is 9.59 Å². The molecule has 0 spiro atoms. The van der Waals surface area contributed by atoms with E-state index >= 15 is 0 Å². The average Bonchev–Trinajstić information content (AvgIpc) is 2.81. The number of amides is 2. The molecule has 1 aliphatic heterocycles. The van der Waals surface area contributed by atoms with Crippen molar-refractivity contribution in [1.29, 1.82) is 0 Å². The molecular formula is C16H22N2O2. The minimum atomic E-state index is -0.0324. The average molecular weight is 274 g/mol. The number of hydrogen-bond donors (Lipinski definition) is 1. The smallest absolute Gasteiger partial charge is 0.251 e. The van der Waals surface area contributed by atoms with E-state index < -0.39 is 0 Å². The fourth-order valence-electron chi connectivity index (χ4n) is 2.68. The monoisotopic (exact) mass is 274 g/mol. The molecule has 1 aromatic carbocycles. The first-order valence-electron chi connectivity index (χ1n) is 7.24. The quantitative estimate of drug-likeness (QED) is 0.917. The highest BCUT2D eigenvalue weighted by Gasteiger charge is 2.23. The summed E-state index contributed by atoms with van der Waals surface area (Å²) in [6, 6.07) is 5.78. The number of nitrogens with one attached hydrogen (secondary N) is 1. The fraction of sp³-hybridized carbons (Fsp3) is 0.500. The van der Waals surface area contributed by atoms with Gasteiger partial charge >= 0.3 is 0 Å². The van der Waals surface area contributed by atoms with Gasteiger partial charge in [0.2, 0.25) is 5.91 Å². The van der Waals surface area contributed by atoms with Crippen LogP contribution in [0.1, 0.15) is 49.5 Å². The standard InChI is InChI=1S/C16H22N2O2/c1-4-5-11(2)17-16(20)14-6-7-15-13(10-14)8-9-18(15)12(3)19/h6-7,10-11H,4-5,8-9H2,1-3H3,(H,17,20)/t11-/m0/s1. The van der Waals surface area contributed by atoms with Gasteiger partial charge in [-0.1, -0.05) is 13.3 Å². The summed E-state index contributed by atoms with van der Waals surface area (Å²) in [5.41, 5.74) is 2.70. The van der Waals surface area contributed by atoms with Crippen molar-refractivity contribution in [2.75, 3.05) is 11.4 Å². The molecular weight excluding hydrogens is 252 g/mol. The Morgan fingerprint density at radius 2 is 2.15 bits per heavy atom. The van der Waals surface area contributed by atoms with Gasteiger partial charge in [0.1, 0.15) is 0 Å². The third-order valence-corrected chi connectivity index (χ3v) is 3.72. The van der Waals surface area contributed by atoms with Crippen molar-refractivity contribution in [1.82, 2.24) is 5.32 Å². The van der Waals surface area contributed by atoms with Crippen molar-refractivity contribution < 1.29 is 9.59 Å². The van der Waals surface area contributed by atoms with Crippen molar-refractivity contribution in [2.24, 2.45) is 0 Å². The Balaban J connectivity index is 2.12. The maximum Gasteiger partial charge on any atom is 0.251 e. The predicted octanol–water partition coefficient (Wildman–Crippen LogP) is 2.51. The Morgan fingerprint density at radius 3 is 2.80 bits per heavy atom. The van der Waals surface area contributed by atoms with Crippen LogP contribution in [0.15, 0.2) is 18.2 Å². The molecule has 0 fully saturated rings. The Morgan fingerprint density at radius 1 is 1.40 bits per heavy atom. The molecule has 0 bridgehead atoms. The van der Waals surface area contributed by atoms with E-state index in [9.17, 15) is 9.59 Å². The van der Waals surface area contributed by atoms with E-state index in [-0.39, 0.29) is 17.9 Å². The predicted molar refractivity (Wildman–Crippen MR) is 80.0 cm³/mol. The molecule has 2 amide bonds. The Bertz CT molecular complexity index is 525. The number of fused-ring (bicyclic) bond motifs is 1. The third-order valence-electron chi connectivity index (χ3n) is 3.72. The molecule has 0 aromatic heterocycles. The van der Waals surface area contributed by atoms with Gasteiger partial charge in [0.25, 0.3) is 5.91 Å². The van der Waals surface area contributed by atoms with Crippen LogP contribution in [0.2, 0.25) is 0 Å². The molecule has 4 heteroatoms. The lowest BCUT2D eigenvalue weighted by molar-refractivity contribution is -0.116. The van der Waals surface area contributed by atoms with Crippen LogP contribution in [0, 0.1) is 0 Å². The fourth-order valence-corrected chi connectivity index (χ4v) is 2.68. The summed E-state index contributed by atoms with van der Waals surface area (Å²) in [7, 11) is 0. The topological polar surface area (TPSA) is 49.4 Å². The number of benzene rings is 1. The van der Waals surface area contributed by atoms with Crippen molar-refractivity contribution in [2.45, 2.75) is 46.1 Å². The van der Waals surface area contributed by atoms with Crippen molar-refractivity contribution in [3.8, 4) is 0 Å². The number of rotatable bonds is 4. The van der Waals surface area contributed by atoms with Gasteiger partial charge in [-0.25, -0.2) is 0 Å². The molecule has 0 saturated carbocycles. The number of nitrogens with zero attached hydrogens (tertiary/aromatic N) is 1. The maximum atomic E-state index is 12.2. The summed E-state index contributed by atoms with van der Waals surface area (Å²) in [4.78, 5) is 25.4.